The zero-order valence-electron chi connectivity index (χ0n) is 17.2. The smallest absolute Gasteiger partial charge is 0.00191 e. The van der Waals surface area contributed by atoms with Crippen LogP contribution in [0, 0.1) is 0 Å². The standard InChI is InChI=1S/C26H34N2/c1-4-11-23(12-5-1)26(24-13-6-2-7-14-24)25-15-21-28(22-16-25)20-10-19-27-17-8-3-9-18-27/h1-2,4-7,11-14H,3,8-10,15-22H2. The first kappa shape index (κ1) is 19.4. The molecular formula is C26H34N2. The predicted octanol–water partition coefficient (Wildman–Crippen LogP) is 5.46. The molecule has 148 valence electrons. The van der Waals surface area contributed by atoms with Crippen molar-refractivity contribution in [3.8, 4) is 0 Å². The van der Waals surface area contributed by atoms with Gasteiger partial charge in [-0.05, 0) is 75.0 Å². The van der Waals surface area contributed by atoms with Gasteiger partial charge in [0.05, 0.1) is 0 Å². The van der Waals surface area contributed by atoms with E-state index in [1.165, 1.54) is 94.5 Å². The molecule has 2 saturated heterocycles. The van der Waals surface area contributed by atoms with Gasteiger partial charge in [0.1, 0.15) is 0 Å². The van der Waals surface area contributed by atoms with Gasteiger partial charge < -0.3 is 9.80 Å². The van der Waals surface area contributed by atoms with E-state index in [0.717, 1.165) is 0 Å². The highest BCUT2D eigenvalue weighted by Gasteiger charge is 2.19. The van der Waals surface area contributed by atoms with Crippen molar-refractivity contribution in [3.05, 3.63) is 77.4 Å². The fourth-order valence-electron chi connectivity index (χ4n) is 4.78. The van der Waals surface area contributed by atoms with Crippen LogP contribution >= 0.6 is 0 Å². The maximum Gasteiger partial charge on any atom is 0.00191 e. The summed E-state index contributed by atoms with van der Waals surface area (Å²) < 4.78 is 0. The molecule has 0 unspecified atom stereocenters. The van der Waals surface area contributed by atoms with Gasteiger partial charge in [0.15, 0.2) is 0 Å². The van der Waals surface area contributed by atoms with Crippen LogP contribution in [0.25, 0.3) is 5.57 Å². The average molecular weight is 375 g/mol. The lowest BCUT2D eigenvalue weighted by Gasteiger charge is -2.32. The summed E-state index contributed by atoms with van der Waals surface area (Å²) in [6.07, 6.45) is 7.96. The highest BCUT2D eigenvalue weighted by molar-refractivity contribution is 5.82. The topological polar surface area (TPSA) is 6.48 Å². The number of nitrogens with zero attached hydrogens (tertiary/aromatic N) is 2. The molecule has 0 aliphatic carbocycles. The Morgan fingerprint density at radius 3 is 1.64 bits per heavy atom. The number of rotatable bonds is 6. The molecule has 2 aromatic rings. The molecule has 0 amide bonds. The summed E-state index contributed by atoms with van der Waals surface area (Å²) in [7, 11) is 0. The van der Waals surface area contributed by atoms with Crippen LogP contribution in [0.3, 0.4) is 0 Å². The van der Waals surface area contributed by atoms with Gasteiger partial charge in [-0.3, -0.25) is 0 Å². The number of hydrogen-bond acceptors (Lipinski definition) is 2. The van der Waals surface area contributed by atoms with Crippen molar-refractivity contribution in [2.24, 2.45) is 0 Å². The molecule has 2 nitrogen and oxygen atoms in total. The van der Waals surface area contributed by atoms with Gasteiger partial charge in [-0.15, -0.1) is 0 Å². The highest BCUT2D eigenvalue weighted by Crippen LogP contribution is 2.32. The molecule has 0 spiro atoms. The summed E-state index contributed by atoms with van der Waals surface area (Å²) in [5.74, 6) is 0. The van der Waals surface area contributed by atoms with Crippen molar-refractivity contribution in [2.75, 3.05) is 39.3 Å². The molecule has 0 aromatic heterocycles. The van der Waals surface area contributed by atoms with E-state index in [1.54, 1.807) is 5.57 Å². The lowest BCUT2D eigenvalue weighted by Crippen LogP contribution is -2.35. The second-order valence-electron chi connectivity index (χ2n) is 8.31. The summed E-state index contributed by atoms with van der Waals surface area (Å²) in [4.78, 5) is 5.35. The van der Waals surface area contributed by atoms with Crippen molar-refractivity contribution in [2.45, 2.75) is 38.5 Å². The van der Waals surface area contributed by atoms with Gasteiger partial charge in [-0.1, -0.05) is 72.7 Å². The van der Waals surface area contributed by atoms with Crippen LogP contribution in [0.5, 0.6) is 0 Å². The lowest BCUT2D eigenvalue weighted by molar-refractivity contribution is 0.197. The minimum absolute atomic E-state index is 1.20. The van der Waals surface area contributed by atoms with E-state index in [0.29, 0.717) is 0 Å². The number of likely N-dealkylation sites (tertiary alicyclic amines) is 2. The van der Waals surface area contributed by atoms with Crippen molar-refractivity contribution < 1.29 is 0 Å². The summed E-state index contributed by atoms with van der Waals surface area (Å²) in [6, 6.07) is 21.9. The minimum atomic E-state index is 1.20. The van der Waals surface area contributed by atoms with Crippen LogP contribution in [0.15, 0.2) is 66.2 Å². The Morgan fingerprint density at radius 1 is 0.607 bits per heavy atom. The van der Waals surface area contributed by atoms with Gasteiger partial charge >= 0.3 is 0 Å². The van der Waals surface area contributed by atoms with Gasteiger partial charge in [0.2, 0.25) is 0 Å². The first-order valence-electron chi connectivity index (χ1n) is 11.2. The second-order valence-corrected chi connectivity index (χ2v) is 8.31. The van der Waals surface area contributed by atoms with Crippen molar-refractivity contribution in [3.63, 3.8) is 0 Å². The third kappa shape index (κ3) is 5.12. The Bertz CT molecular complexity index is 693. The largest absolute Gasteiger partial charge is 0.303 e. The fourth-order valence-corrected chi connectivity index (χ4v) is 4.78. The van der Waals surface area contributed by atoms with Crippen molar-refractivity contribution in [1.29, 1.82) is 0 Å². The maximum atomic E-state index is 2.68. The van der Waals surface area contributed by atoms with Gasteiger partial charge in [-0.2, -0.15) is 0 Å². The zero-order valence-corrected chi connectivity index (χ0v) is 17.2. The molecule has 2 heterocycles. The van der Waals surface area contributed by atoms with Crippen LogP contribution in [-0.4, -0.2) is 49.1 Å². The first-order chi connectivity index (χ1) is 13.9. The molecular weight excluding hydrogens is 340 g/mol. The van der Waals surface area contributed by atoms with Crippen molar-refractivity contribution in [1.82, 2.24) is 9.80 Å². The van der Waals surface area contributed by atoms with E-state index in [-0.39, 0.29) is 0 Å². The van der Waals surface area contributed by atoms with E-state index in [4.69, 9.17) is 0 Å². The number of piperidine rings is 2. The Labute approximate surface area is 170 Å². The molecule has 2 aliphatic heterocycles. The van der Waals surface area contributed by atoms with Crippen LogP contribution in [0.4, 0.5) is 0 Å². The van der Waals surface area contributed by atoms with Crippen LogP contribution < -0.4 is 0 Å². The van der Waals surface area contributed by atoms with Crippen LogP contribution in [-0.2, 0) is 0 Å². The summed E-state index contributed by atoms with van der Waals surface area (Å²) in [5, 5.41) is 0. The number of hydrogen-bond donors (Lipinski definition) is 0. The Balaban J connectivity index is 1.38. The second kappa shape index (κ2) is 10.0. The molecule has 2 fully saturated rings. The molecule has 0 bridgehead atoms. The third-order valence-electron chi connectivity index (χ3n) is 6.34. The zero-order chi connectivity index (χ0) is 19.0. The quantitative estimate of drug-likeness (QED) is 0.662. The minimum Gasteiger partial charge on any atom is -0.303 e. The average Bonchev–Trinajstić information content (AvgIpc) is 2.77. The normalized spacial score (nSPS) is 18.9. The SMILES string of the molecule is c1ccc(C(=C2CCN(CCCN3CCCCC3)CC2)c2ccccc2)cc1. The molecule has 0 saturated carbocycles. The lowest BCUT2D eigenvalue weighted by atomic mass is 9.88. The Hall–Kier alpha value is -1.90. The molecule has 28 heavy (non-hydrogen) atoms. The number of benzene rings is 2. The van der Waals surface area contributed by atoms with Crippen LogP contribution in [0.2, 0.25) is 0 Å². The van der Waals surface area contributed by atoms with Gasteiger partial charge in [0.25, 0.3) is 0 Å². The summed E-state index contributed by atoms with van der Waals surface area (Å²) in [6.45, 7) is 7.61. The molecule has 2 aromatic carbocycles. The molecule has 0 atom stereocenters. The van der Waals surface area contributed by atoms with E-state index >= 15 is 0 Å². The van der Waals surface area contributed by atoms with E-state index in [2.05, 4.69) is 70.5 Å². The monoisotopic (exact) mass is 374 g/mol. The Morgan fingerprint density at radius 2 is 1.11 bits per heavy atom. The molecule has 2 aliphatic rings. The van der Waals surface area contributed by atoms with Crippen LogP contribution in [0.1, 0.15) is 49.7 Å². The third-order valence-corrected chi connectivity index (χ3v) is 6.34. The van der Waals surface area contributed by atoms with E-state index in [9.17, 15) is 0 Å². The van der Waals surface area contributed by atoms with Crippen molar-refractivity contribution >= 4 is 5.57 Å². The molecule has 0 N–H and O–H groups in total. The first-order valence-corrected chi connectivity index (χ1v) is 11.2. The summed E-state index contributed by atoms with van der Waals surface area (Å²) in [5.41, 5.74) is 5.82. The van der Waals surface area contributed by atoms with E-state index < -0.39 is 0 Å². The van der Waals surface area contributed by atoms with Gasteiger partial charge in [-0.25, -0.2) is 0 Å². The molecule has 4 rings (SSSR count). The molecule has 0 radical (unpaired) electrons. The fraction of sp³-hybridized carbons (Fsp3) is 0.462. The Kier molecular flexibility index (Phi) is 6.96. The van der Waals surface area contributed by atoms with Gasteiger partial charge in [0, 0.05) is 13.1 Å². The predicted molar refractivity (Wildman–Crippen MR) is 119 cm³/mol. The van der Waals surface area contributed by atoms with E-state index in [1.807, 2.05) is 0 Å². The summed E-state index contributed by atoms with van der Waals surface area (Å²) >= 11 is 0. The highest BCUT2D eigenvalue weighted by atomic mass is 15.1. The molecule has 2 heteroatoms. The maximum absolute atomic E-state index is 2.68.